The fourth-order valence-electron chi connectivity index (χ4n) is 6.01. The summed E-state index contributed by atoms with van der Waals surface area (Å²) in [5.41, 5.74) is 0.845. The molecule has 0 atom stereocenters. The third kappa shape index (κ3) is 5.42. The van der Waals surface area contributed by atoms with Crippen molar-refractivity contribution >= 4 is 39.8 Å². The molecule has 43 heavy (non-hydrogen) atoms. The van der Waals surface area contributed by atoms with Crippen LogP contribution in [0.1, 0.15) is 34.3 Å². The molecule has 6 rings (SSSR count). The SMILES string of the molecule is N#Cc1ccc(N2CCN(c3c(F)cc4c(=O)c(C(=O)O)cn(-c5ccc(CN6CCCC6)cc5F)c4c3Cl)CC2)cc1. The standard InChI is InChI=1S/C32H28ClF2N5O3/c33-28-29-23(16-26(35)30(28)39-13-11-38(12-14-39)22-6-3-20(17-36)4-7-22)31(41)24(32(42)43)19-40(29)27-8-5-21(15-25(27)34)18-37-9-1-2-10-37/h3-8,15-16,19H,1-2,9-14,18H2,(H,42,43). The lowest BCUT2D eigenvalue weighted by molar-refractivity contribution is 0.0695. The van der Waals surface area contributed by atoms with Gasteiger partial charge in [-0.15, -0.1) is 0 Å². The zero-order valence-corrected chi connectivity index (χ0v) is 23.9. The highest BCUT2D eigenvalue weighted by Crippen LogP contribution is 2.38. The molecule has 2 fully saturated rings. The summed E-state index contributed by atoms with van der Waals surface area (Å²) < 4.78 is 32.6. The van der Waals surface area contributed by atoms with Crippen LogP contribution in [-0.2, 0) is 6.54 Å². The number of hydrogen-bond acceptors (Lipinski definition) is 6. The summed E-state index contributed by atoms with van der Waals surface area (Å²) in [6, 6.07) is 15.0. The highest BCUT2D eigenvalue weighted by atomic mass is 35.5. The van der Waals surface area contributed by atoms with Crippen molar-refractivity contribution in [2.24, 2.45) is 0 Å². The lowest BCUT2D eigenvalue weighted by atomic mass is 10.1. The zero-order chi connectivity index (χ0) is 30.2. The largest absolute Gasteiger partial charge is 0.477 e. The second-order valence-electron chi connectivity index (χ2n) is 10.9. The molecule has 0 unspecified atom stereocenters. The third-order valence-electron chi connectivity index (χ3n) is 8.22. The van der Waals surface area contributed by atoms with E-state index in [-0.39, 0.29) is 27.3 Å². The van der Waals surface area contributed by atoms with Gasteiger partial charge in [-0.25, -0.2) is 13.6 Å². The van der Waals surface area contributed by atoms with Gasteiger partial charge in [0, 0.05) is 44.6 Å². The van der Waals surface area contributed by atoms with Gasteiger partial charge in [0.1, 0.15) is 17.2 Å². The first kappa shape index (κ1) is 28.6. The molecule has 3 heterocycles. The molecule has 2 saturated heterocycles. The molecule has 4 aromatic rings. The van der Waals surface area contributed by atoms with Gasteiger partial charge in [-0.2, -0.15) is 5.26 Å². The maximum absolute atomic E-state index is 15.7. The van der Waals surface area contributed by atoms with Crippen molar-refractivity contribution in [1.82, 2.24) is 9.47 Å². The van der Waals surface area contributed by atoms with Crippen molar-refractivity contribution in [3.05, 3.63) is 98.3 Å². The second kappa shape index (κ2) is 11.7. The molecule has 8 nitrogen and oxygen atoms in total. The quantitative estimate of drug-likeness (QED) is 0.315. The second-order valence-corrected chi connectivity index (χ2v) is 11.2. The van der Waals surface area contributed by atoms with Gasteiger partial charge in [-0.05, 0) is 74.0 Å². The molecule has 1 N–H and O–H groups in total. The minimum atomic E-state index is -1.51. The van der Waals surface area contributed by atoms with Crippen molar-refractivity contribution in [3.63, 3.8) is 0 Å². The Bertz CT molecular complexity index is 1820. The Morgan fingerprint density at radius 2 is 1.60 bits per heavy atom. The molecule has 220 valence electrons. The molecule has 0 aliphatic carbocycles. The van der Waals surface area contributed by atoms with Crippen LogP contribution < -0.4 is 15.2 Å². The van der Waals surface area contributed by atoms with Crippen LogP contribution in [-0.4, -0.2) is 59.8 Å². The summed E-state index contributed by atoms with van der Waals surface area (Å²) in [6.07, 6.45) is 3.26. The van der Waals surface area contributed by atoms with Crippen LogP contribution in [0.2, 0.25) is 5.02 Å². The molecule has 11 heteroatoms. The van der Waals surface area contributed by atoms with Crippen LogP contribution in [0.3, 0.4) is 0 Å². The summed E-state index contributed by atoms with van der Waals surface area (Å²) in [5.74, 6) is -2.89. The van der Waals surface area contributed by atoms with E-state index >= 15 is 8.78 Å². The maximum atomic E-state index is 15.7. The van der Waals surface area contributed by atoms with E-state index in [0.717, 1.165) is 49.4 Å². The fraction of sp³-hybridized carbons (Fsp3) is 0.281. The summed E-state index contributed by atoms with van der Waals surface area (Å²) in [7, 11) is 0. The Hall–Kier alpha value is -4.46. The van der Waals surface area contributed by atoms with Crippen molar-refractivity contribution in [2.45, 2.75) is 19.4 Å². The van der Waals surface area contributed by atoms with E-state index < -0.39 is 28.6 Å². The number of carbonyl (C=O) groups is 1. The smallest absolute Gasteiger partial charge is 0.341 e. The highest BCUT2D eigenvalue weighted by Gasteiger charge is 2.27. The zero-order valence-electron chi connectivity index (χ0n) is 23.2. The van der Waals surface area contributed by atoms with Crippen molar-refractivity contribution in [3.8, 4) is 11.8 Å². The topological polar surface area (TPSA) is 92.8 Å². The van der Waals surface area contributed by atoms with Gasteiger partial charge in [0.25, 0.3) is 0 Å². The van der Waals surface area contributed by atoms with Crippen molar-refractivity contribution in [2.75, 3.05) is 49.1 Å². The molecule has 0 amide bonds. The number of aromatic nitrogens is 1. The number of rotatable bonds is 6. The fourth-order valence-corrected chi connectivity index (χ4v) is 6.42. The van der Waals surface area contributed by atoms with Gasteiger partial charge in [0.05, 0.1) is 38.9 Å². The number of nitriles is 1. The molecule has 3 aromatic carbocycles. The lowest BCUT2D eigenvalue weighted by Gasteiger charge is -2.38. The van der Waals surface area contributed by atoms with Gasteiger partial charge in [0.2, 0.25) is 5.43 Å². The third-order valence-corrected chi connectivity index (χ3v) is 8.58. The number of pyridine rings is 1. The number of aromatic carboxylic acids is 1. The van der Waals surface area contributed by atoms with E-state index in [2.05, 4.69) is 15.9 Å². The molecule has 0 bridgehead atoms. The Morgan fingerprint density at radius 3 is 2.23 bits per heavy atom. The number of fused-ring (bicyclic) bond motifs is 1. The molecule has 2 aliphatic rings. The number of carboxylic acids is 1. The molecule has 1 aromatic heterocycles. The predicted molar refractivity (Wildman–Crippen MR) is 162 cm³/mol. The number of halogens is 3. The van der Waals surface area contributed by atoms with Crippen LogP contribution in [0.25, 0.3) is 16.6 Å². The first-order valence-corrected chi connectivity index (χ1v) is 14.4. The first-order valence-electron chi connectivity index (χ1n) is 14.1. The van der Waals surface area contributed by atoms with Crippen molar-refractivity contribution < 1.29 is 18.7 Å². The van der Waals surface area contributed by atoms with Gasteiger partial charge in [-0.1, -0.05) is 17.7 Å². The predicted octanol–water partition coefficient (Wildman–Crippen LogP) is 5.41. The van der Waals surface area contributed by atoms with Gasteiger partial charge < -0.3 is 19.5 Å². The molecule has 0 radical (unpaired) electrons. The van der Waals surface area contributed by atoms with Crippen LogP contribution in [0, 0.1) is 23.0 Å². The average molecular weight is 604 g/mol. The number of hydrogen-bond donors (Lipinski definition) is 1. The monoisotopic (exact) mass is 603 g/mol. The van der Waals surface area contributed by atoms with Crippen LogP contribution in [0.4, 0.5) is 20.2 Å². The molecule has 2 aliphatic heterocycles. The molecule has 0 saturated carbocycles. The number of piperazine rings is 1. The van der Waals surface area contributed by atoms with Gasteiger partial charge >= 0.3 is 5.97 Å². The number of carboxylic acid groups (broad SMARTS) is 1. The lowest BCUT2D eigenvalue weighted by Crippen LogP contribution is -2.47. The Balaban J connectivity index is 1.40. The van der Waals surface area contributed by atoms with E-state index in [1.54, 1.807) is 23.1 Å². The summed E-state index contributed by atoms with van der Waals surface area (Å²) in [6.45, 7) is 4.36. The minimum Gasteiger partial charge on any atom is -0.477 e. The van der Waals surface area contributed by atoms with Crippen LogP contribution >= 0.6 is 11.6 Å². The van der Waals surface area contributed by atoms with Gasteiger partial charge in [0.15, 0.2) is 0 Å². The highest BCUT2D eigenvalue weighted by molar-refractivity contribution is 6.38. The minimum absolute atomic E-state index is 0.00256. The molecular weight excluding hydrogens is 576 g/mol. The first-order chi connectivity index (χ1) is 20.7. The van der Waals surface area contributed by atoms with Crippen molar-refractivity contribution in [1.29, 1.82) is 5.26 Å². The molecule has 0 spiro atoms. The van der Waals surface area contributed by atoms with E-state index in [4.69, 9.17) is 16.9 Å². The van der Waals surface area contributed by atoms with Crippen LogP contribution in [0.5, 0.6) is 0 Å². The van der Waals surface area contributed by atoms with Crippen LogP contribution in [0.15, 0.2) is 59.5 Å². The maximum Gasteiger partial charge on any atom is 0.341 e. The van der Waals surface area contributed by atoms with E-state index in [0.29, 0.717) is 38.3 Å². The summed E-state index contributed by atoms with van der Waals surface area (Å²) in [5, 5.41) is 18.5. The van der Waals surface area contributed by atoms with E-state index in [1.807, 2.05) is 12.1 Å². The summed E-state index contributed by atoms with van der Waals surface area (Å²) in [4.78, 5) is 31.3. The number of benzene rings is 3. The normalized spacial score (nSPS) is 15.7. The van der Waals surface area contributed by atoms with E-state index in [9.17, 15) is 14.7 Å². The Kier molecular flexibility index (Phi) is 7.77. The Labute approximate surface area is 251 Å². The van der Waals surface area contributed by atoms with E-state index in [1.165, 1.54) is 16.7 Å². The number of anilines is 2. The Morgan fingerprint density at radius 1 is 0.930 bits per heavy atom. The average Bonchev–Trinajstić information content (AvgIpc) is 3.51. The van der Waals surface area contributed by atoms with Gasteiger partial charge in [-0.3, -0.25) is 9.69 Å². The number of likely N-dealkylation sites (tertiary alicyclic amines) is 1. The number of nitrogens with zero attached hydrogens (tertiary/aromatic N) is 5. The summed E-state index contributed by atoms with van der Waals surface area (Å²) >= 11 is 6.86. The molecular formula is C32H28ClF2N5O3.